The number of imidazole rings is 1. The van der Waals surface area contributed by atoms with Crippen molar-refractivity contribution in [2.75, 3.05) is 20.2 Å². The van der Waals surface area contributed by atoms with E-state index >= 15 is 0 Å². The Balaban J connectivity index is 1.25. The molecule has 2 atom stereocenters. The number of hydrogen-bond donors (Lipinski definition) is 2. The Bertz CT molecular complexity index is 1550. The second-order valence-corrected chi connectivity index (χ2v) is 9.97. The lowest BCUT2D eigenvalue weighted by molar-refractivity contribution is -0.126. The molecular formula is C29H29N5O4. The topological polar surface area (TPSA) is 115 Å². The number of fused-ring (bicyclic) bond motifs is 1. The molecular weight excluding hydrogens is 482 g/mol. The van der Waals surface area contributed by atoms with Crippen molar-refractivity contribution in [3.63, 3.8) is 0 Å². The van der Waals surface area contributed by atoms with Crippen molar-refractivity contribution >= 4 is 17.5 Å². The van der Waals surface area contributed by atoms with Gasteiger partial charge in [0.05, 0.1) is 7.11 Å². The summed E-state index contributed by atoms with van der Waals surface area (Å²) in [4.78, 5) is 32.1. The van der Waals surface area contributed by atoms with Gasteiger partial charge in [-0.1, -0.05) is 13.0 Å². The van der Waals surface area contributed by atoms with E-state index in [9.17, 15) is 9.59 Å². The first kappa shape index (κ1) is 23.8. The molecule has 2 aromatic carbocycles. The predicted molar refractivity (Wildman–Crippen MR) is 142 cm³/mol. The largest absolute Gasteiger partial charge is 0.497 e. The van der Waals surface area contributed by atoms with E-state index in [4.69, 9.17) is 20.2 Å². The number of methoxy groups -OCH3 is 1. The molecule has 194 valence electrons. The lowest BCUT2D eigenvalue weighted by Crippen LogP contribution is -2.32. The molecule has 1 saturated heterocycles. The Morgan fingerprint density at radius 1 is 1.05 bits per heavy atom. The van der Waals surface area contributed by atoms with E-state index in [2.05, 4.69) is 18.1 Å². The molecule has 1 aliphatic carbocycles. The standard InChI is InChI=1S/C29H29N5O4/c1-17-13-20(14-17)29(36)33-12-11-19(16-33)24-15-31-34-26(27(30)35)25(32-28(24)34)18-3-5-22(6-4-18)38-23-9-7-21(37-2)8-10-23/h3-10,13,15,17,19,31H,11-12,14,16H2,1-2H3,(H2,30,35)/t17-,19?/m1/s1. The Morgan fingerprint density at radius 2 is 1.71 bits per heavy atom. The van der Waals surface area contributed by atoms with E-state index in [1.807, 2.05) is 59.6 Å². The van der Waals surface area contributed by atoms with Crippen molar-refractivity contribution in [1.29, 1.82) is 0 Å². The van der Waals surface area contributed by atoms with E-state index in [0.29, 0.717) is 41.8 Å². The second-order valence-electron chi connectivity index (χ2n) is 9.97. The molecule has 6 rings (SSSR count). The first-order chi connectivity index (χ1) is 18.4. The highest BCUT2D eigenvalue weighted by molar-refractivity contribution is 5.99. The Kier molecular flexibility index (Phi) is 5.90. The van der Waals surface area contributed by atoms with Gasteiger partial charge in [-0.2, -0.15) is 0 Å². The first-order valence-electron chi connectivity index (χ1n) is 12.7. The lowest BCUT2D eigenvalue weighted by atomic mass is 9.87. The number of nitrogens with zero attached hydrogens (tertiary/aromatic N) is 3. The third-order valence-corrected chi connectivity index (χ3v) is 7.36. The van der Waals surface area contributed by atoms with E-state index in [1.54, 1.807) is 11.6 Å². The number of ether oxygens (including phenoxy) is 2. The molecule has 4 aromatic rings. The Hall–Kier alpha value is -4.53. The van der Waals surface area contributed by atoms with Gasteiger partial charge in [0.2, 0.25) is 5.91 Å². The molecule has 0 saturated carbocycles. The Labute approximate surface area is 219 Å². The fourth-order valence-electron chi connectivity index (χ4n) is 5.34. The second kappa shape index (κ2) is 9.41. The van der Waals surface area contributed by atoms with Crippen molar-refractivity contribution < 1.29 is 19.1 Å². The number of amides is 2. The summed E-state index contributed by atoms with van der Waals surface area (Å²) in [6, 6.07) is 14.7. The highest BCUT2D eigenvalue weighted by atomic mass is 16.5. The van der Waals surface area contributed by atoms with Gasteiger partial charge in [0.1, 0.15) is 22.9 Å². The fraction of sp³-hybridized carbons (Fsp3) is 0.276. The van der Waals surface area contributed by atoms with Crippen molar-refractivity contribution in [2.24, 2.45) is 11.7 Å². The van der Waals surface area contributed by atoms with E-state index in [0.717, 1.165) is 35.3 Å². The number of H-pyrrole nitrogens is 1. The number of hydrogen-bond acceptors (Lipinski definition) is 5. The van der Waals surface area contributed by atoms with Gasteiger partial charge in [-0.25, -0.2) is 9.50 Å². The van der Waals surface area contributed by atoms with Crippen LogP contribution < -0.4 is 15.2 Å². The molecule has 0 spiro atoms. The van der Waals surface area contributed by atoms with Crippen LogP contribution in [0, 0.1) is 5.92 Å². The third kappa shape index (κ3) is 4.19. The normalized spacial score (nSPS) is 18.8. The van der Waals surface area contributed by atoms with Crippen LogP contribution in [0.2, 0.25) is 0 Å². The van der Waals surface area contributed by atoms with Crippen LogP contribution in [-0.4, -0.2) is 51.5 Å². The van der Waals surface area contributed by atoms with Crippen molar-refractivity contribution in [2.45, 2.75) is 25.7 Å². The number of benzene rings is 2. The minimum Gasteiger partial charge on any atom is -0.497 e. The van der Waals surface area contributed by atoms with Crippen LogP contribution in [0.3, 0.4) is 0 Å². The maximum Gasteiger partial charge on any atom is 0.269 e. The molecule has 3 heterocycles. The Morgan fingerprint density at radius 3 is 2.34 bits per heavy atom. The van der Waals surface area contributed by atoms with Crippen molar-refractivity contribution in [3.05, 3.63) is 77.6 Å². The molecule has 2 aromatic heterocycles. The minimum atomic E-state index is -0.575. The van der Waals surface area contributed by atoms with E-state index in [-0.39, 0.29) is 17.5 Å². The monoisotopic (exact) mass is 511 g/mol. The molecule has 0 radical (unpaired) electrons. The summed E-state index contributed by atoms with van der Waals surface area (Å²) in [5, 5.41) is 3.16. The number of allylic oxidation sites excluding steroid dienone is 1. The zero-order valence-corrected chi connectivity index (χ0v) is 21.3. The van der Waals surface area contributed by atoms with Gasteiger partial charge in [0.15, 0.2) is 11.3 Å². The summed E-state index contributed by atoms with van der Waals surface area (Å²) in [6.07, 6.45) is 5.61. The SMILES string of the molecule is COc1ccc(Oc2ccc(-c3nc4c(C5CCN(C(=O)C6=C[C@@H](C)C6)C5)c[nH]n4c3C(N)=O)cc2)cc1. The average molecular weight is 512 g/mol. The van der Waals surface area contributed by atoms with Gasteiger partial charge in [0.25, 0.3) is 5.91 Å². The lowest BCUT2D eigenvalue weighted by Gasteiger charge is -2.25. The molecule has 2 amide bonds. The van der Waals surface area contributed by atoms with Crippen molar-refractivity contribution in [1.82, 2.24) is 19.5 Å². The van der Waals surface area contributed by atoms with Crippen molar-refractivity contribution in [3.8, 4) is 28.5 Å². The van der Waals surface area contributed by atoms with E-state index in [1.165, 1.54) is 0 Å². The summed E-state index contributed by atoms with van der Waals surface area (Å²) in [5.41, 5.74) is 9.88. The molecule has 38 heavy (non-hydrogen) atoms. The number of aromatic amines is 1. The summed E-state index contributed by atoms with van der Waals surface area (Å²) in [7, 11) is 1.62. The number of nitrogens with one attached hydrogen (secondary N) is 1. The molecule has 9 heteroatoms. The average Bonchev–Trinajstić information content (AvgIpc) is 3.62. The van der Waals surface area contributed by atoms with Crippen LogP contribution in [-0.2, 0) is 4.79 Å². The van der Waals surface area contributed by atoms with Crippen LogP contribution in [0.25, 0.3) is 16.9 Å². The van der Waals surface area contributed by atoms with Crippen LogP contribution in [0.5, 0.6) is 17.2 Å². The van der Waals surface area contributed by atoms with Gasteiger partial charge in [-0.15, -0.1) is 0 Å². The molecule has 1 unspecified atom stereocenters. The fourth-order valence-corrected chi connectivity index (χ4v) is 5.34. The third-order valence-electron chi connectivity index (χ3n) is 7.36. The number of likely N-dealkylation sites (tertiary alicyclic amines) is 1. The number of rotatable bonds is 7. The number of carbonyl (C=O) groups excluding carboxylic acids is 2. The van der Waals surface area contributed by atoms with E-state index < -0.39 is 5.91 Å². The first-order valence-corrected chi connectivity index (χ1v) is 12.7. The maximum absolute atomic E-state index is 12.8. The van der Waals surface area contributed by atoms with Crippen LogP contribution in [0.1, 0.15) is 41.7 Å². The highest BCUT2D eigenvalue weighted by Gasteiger charge is 2.34. The molecule has 9 nitrogen and oxygen atoms in total. The molecule has 1 aliphatic heterocycles. The predicted octanol–water partition coefficient (Wildman–Crippen LogP) is 4.51. The molecule has 3 N–H and O–H groups in total. The van der Waals surface area contributed by atoms with Gasteiger partial charge < -0.3 is 20.1 Å². The molecule has 1 fully saturated rings. The quantitative estimate of drug-likeness (QED) is 0.379. The summed E-state index contributed by atoms with van der Waals surface area (Å²) in [5.74, 6) is 2.26. The summed E-state index contributed by atoms with van der Waals surface area (Å²) < 4.78 is 12.8. The summed E-state index contributed by atoms with van der Waals surface area (Å²) >= 11 is 0. The highest BCUT2D eigenvalue weighted by Crippen LogP contribution is 2.35. The summed E-state index contributed by atoms with van der Waals surface area (Å²) in [6.45, 7) is 3.45. The molecule has 2 aliphatic rings. The van der Waals surface area contributed by atoms with Gasteiger partial charge >= 0.3 is 0 Å². The number of aromatic nitrogens is 3. The zero-order chi connectivity index (χ0) is 26.4. The van der Waals surface area contributed by atoms with Gasteiger partial charge in [-0.05, 0) is 67.3 Å². The van der Waals surface area contributed by atoms with Crippen LogP contribution in [0.15, 0.2) is 66.4 Å². The van der Waals surface area contributed by atoms with Gasteiger partial charge in [-0.3, -0.25) is 14.7 Å². The zero-order valence-electron chi connectivity index (χ0n) is 21.3. The van der Waals surface area contributed by atoms with Crippen LogP contribution in [0.4, 0.5) is 0 Å². The number of primary amides is 1. The number of carbonyl (C=O) groups is 2. The maximum atomic E-state index is 12.8. The van der Waals surface area contributed by atoms with Crippen LogP contribution >= 0.6 is 0 Å². The minimum absolute atomic E-state index is 0.127. The molecule has 0 bridgehead atoms. The number of nitrogens with two attached hydrogens (primary N) is 1. The van der Waals surface area contributed by atoms with Gasteiger partial charge in [0, 0.05) is 41.9 Å². The smallest absolute Gasteiger partial charge is 0.269 e.